The highest BCUT2D eigenvalue weighted by molar-refractivity contribution is 6.30. The number of hydrogen-bond acceptors (Lipinski definition) is 4. The normalized spacial score (nSPS) is 14.0. The van der Waals surface area contributed by atoms with E-state index in [0.29, 0.717) is 23.2 Å². The average molecular weight is 331 g/mol. The summed E-state index contributed by atoms with van der Waals surface area (Å²) in [4.78, 5) is 23.0. The molecule has 23 heavy (non-hydrogen) atoms. The van der Waals surface area contributed by atoms with E-state index < -0.39 is 0 Å². The number of halogens is 1. The van der Waals surface area contributed by atoms with Gasteiger partial charge in [-0.15, -0.1) is 0 Å². The molecule has 1 aliphatic heterocycles. The minimum Gasteiger partial charge on any atom is -0.350 e. The molecule has 3 rings (SSSR count). The summed E-state index contributed by atoms with van der Waals surface area (Å²) in [6.07, 6.45) is 4.68. The van der Waals surface area contributed by atoms with Crippen LogP contribution in [-0.4, -0.2) is 35.5 Å². The Bertz CT molecular complexity index is 686. The second kappa shape index (κ2) is 7.42. The van der Waals surface area contributed by atoms with Crippen molar-refractivity contribution in [1.82, 2.24) is 15.3 Å². The second-order valence-electron chi connectivity index (χ2n) is 5.57. The first-order valence-electron chi connectivity index (χ1n) is 7.83. The van der Waals surface area contributed by atoms with Gasteiger partial charge in [0, 0.05) is 30.9 Å². The monoisotopic (exact) mass is 330 g/mol. The van der Waals surface area contributed by atoms with Crippen molar-refractivity contribution in [2.45, 2.75) is 19.3 Å². The van der Waals surface area contributed by atoms with Gasteiger partial charge >= 0.3 is 0 Å². The summed E-state index contributed by atoms with van der Waals surface area (Å²) in [5.41, 5.74) is 1.51. The fourth-order valence-electron chi connectivity index (χ4n) is 2.65. The number of amides is 1. The third-order valence-corrected chi connectivity index (χ3v) is 4.09. The molecule has 0 spiro atoms. The molecule has 2 aromatic rings. The lowest BCUT2D eigenvalue weighted by Crippen LogP contribution is -2.28. The largest absolute Gasteiger partial charge is 0.350 e. The Hall–Kier alpha value is -2.14. The van der Waals surface area contributed by atoms with Crippen molar-refractivity contribution in [2.75, 3.05) is 24.5 Å². The number of aromatic nitrogens is 2. The van der Waals surface area contributed by atoms with E-state index in [9.17, 15) is 4.79 Å². The number of anilines is 1. The highest BCUT2D eigenvalue weighted by atomic mass is 35.5. The molecule has 1 fully saturated rings. The average Bonchev–Trinajstić information content (AvgIpc) is 3.09. The van der Waals surface area contributed by atoms with Gasteiger partial charge in [-0.3, -0.25) is 4.79 Å². The van der Waals surface area contributed by atoms with Gasteiger partial charge in [-0.25, -0.2) is 9.97 Å². The minimum atomic E-state index is -0.171. The fourth-order valence-corrected chi connectivity index (χ4v) is 2.86. The van der Waals surface area contributed by atoms with E-state index in [2.05, 4.69) is 20.2 Å². The van der Waals surface area contributed by atoms with E-state index in [1.54, 1.807) is 12.3 Å². The topological polar surface area (TPSA) is 58.1 Å². The summed E-state index contributed by atoms with van der Waals surface area (Å²) in [6, 6.07) is 9.29. The lowest BCUT2D eigenvalue weighted by Gasteiger charge is -2.15. The summed E-state index contributed by atoms with van der Waals surface area (Å²) in [5.74, 6) is 0.472. The molecule has 0 unspecified atom stereocenters. The lowest BCUT2D eigenvalue weighted by molar-refractivity contribution is 0.0949. The van der Waals surface area contributed by atoms with Gasteiger partial charge in [-0.2, -0.15) is 0 Å². The SMILES string of the molecule is O=C(NCCc1cccc(Cl)c1)c1ccnc(N2CCCC2)n1. The quantitative estimate of drug-likeness (QED) is 0.915. The van der Waals surface area contributed by atoms with E-state index in [0.717, 1.165) is 37.9 Å². The van der Waals surface area contributed by atoms with Gasteiger partial charge in [-0.1, -0.05) is 23.7 Å². The number of nitrogens with zero attached hydrogens (tertiary/aromatic N) is 3. The predicted molar refractivity (Wildman–Crippen MR) is 91.0 cm³/mol. The Labute approximate surface area is 140 Å². The maximum absolute atomic E-state index is 12.2. The molecule has 2 heterocycles. The van der Waals surface area contributed by atoms with Crippen LogP contribution in [0, 0.1) is 0 Å². The number of hydrogen-bond donors (Lipinski definition) is 1. The Morgan fingerprint density at radius 1 is 1.26 bits per heavy atom. The summed E-state index contributed by atoms with van der Waals surface area (Å²) in [5, 5.41) is 3.60. The molecule has 1 aromatic carbocycles. The zero-order chi connectivity index (χ0) is 16.1. The molecule has 0 saturated carbocycles. The Kier molecular flexibility index (Phi) is 5.08. The third-order valence-electron chi connectivity index (χ3n) is 3.85. The minimum absolute atomic E-state index is 0.171. The molecule has 5 nitrogen and oxygen atoms in total. The van der Waals surface area contributed by atoms with Crippen molar-refractivity contribution < 1.29 is 4.79 Å². The van der Waals surface area contributed by atoms with Crippen LogP contribution < -0.4 is 10.2 Å². The van der Waals surface area contributed by atoms with E-state index in [1.807, 2.05) is 24.3 Å². The van der Waals surface area contributed by atoms with Crippen molar-refractivity contribution in [3.63, 3.8) is 0 Å². The molecule has 0 radical (unpaired) electrons. The first-order chi connectivity index (χ1) is 11.2. The van der Waals surface area contributed by atoms with Crippen LogP contribution in [0.25, 0.3) is 0 Å². The fraction of sp³-hybridized carbons (Fsp3) is 0.353. The van der Waals surface area contributed by atoms with Gasteiger partial charge in [0.25, 0.3) is 5.91 Å². The molecule has 1 N–H and O–H groups in total. The molecule has 0 aliphatic carbocycles. The molecule has 0 bridgehead atoms. The van der Waals surface area contributed by atoms with Gasteiger partial charge in [-0.05, 0) is 43.0 Å². The van der Waals surface area contributed by atoms with Crippen LogP contribution in [0.3, 0.4) is 0 Å². The van der Waals surface area contributed by atoms with Crippen molar-refractivity contribution >= 4 is 23.5 Å². The van der Waals surface area contributed by atoms with E-state index in [4.69, 9.17) is 11.6 Å². The molecular formula is C17H19ClN4O. The molecule has 1 saturated heterocycles. The summed E-state index contributed by atoms with van der Waals surface area (Å²) in [7, 11) is 0. The second-order valence-corrected chi connectivity index (χ2v) is 6.01. The molecule has 0 atom stereocenters. The van der Waals surface area contributed by atoms with E-state index in [-0.39, 0.29) is 5.91 Å². The van der Waals surface area contributed by atoms with Crippen molar-refractivity contribution in [3.8, 4) is 0 Å². The molecule has 1 amide bonds. The molecule has 1 aliphatic rings. The number of carbonyl (C=O) groups excluding carboxylic acids is 1. The Morgan fingerprint density at radius 3 is 2.87 bits per heavy atom. The van der Waals surface area contributed by atoms with Crippen molar-refractivity contribution in [1.29, 1.82) is 0 Å². The maximum Gasteiger partial charge on any atom is 0.270 e. The number of nitrogens with one attached hydrogen (secondary N) is 1. The molecule has 120 valence electrons. The van der Waals surface area contributed by atoms with Crippen LogP contribution in [0.2, 0.25) is 5.02 Å². The van der Waals surface area contributed by atoms with Gasteiger partial charge in [0.15, 0.2) is 0 Å². The summed E-state index contributed by atoms with van der Waals surface area (Å²) < 4.78 is 0. The van der Waals surface area contributed by atoms with Crippen LogP contribution in [0.1, 0.15) is 28.9 Å². The Balaban J connectivity index is 1.56. The number of rotatable bonds is 5. The first-order valence-corrected chi connectivity index (χ1v) is 8.21. The van der Waals surface area contributed by atoms with E-state index >= 15 is 0 Å². The van der Waals surface area contributed by atoms with Gasteiger partial charge in [0.1, 0.15) is 5.69 Å². The van der Waals surface area contributed by atoms with Gasteiger partial charge in [0.05, 0.1) is 0 Å². The summed E-state index contributed by atoms with van der Waals surface area (Å²) in [6.45, 7) is 2.46. The standard InChI is InChI=1S/C17H19ClN4O/c18-14-5-3-4-13(12-14)6-8-19-16(23)15-7-9-20-17(21-15)22-10-1-2-11-22/h3-5,7,9,12H,1-2,6,8,10-11H2,(H,19,23). The van der Waals surface area contributed by atoms with Crippen molar-refractivity contribution in [3.05, 3.63) is 52.8 Å². The van der Waals surface area contributed by atoms with Crippen LogP contribution >= 0.6 is 11.6 Å². The lowest BCUT2D eigenvalue weighted by atomic mass is 10.1. The number of benzene rings is 1. The highest BCUT2D eigenvalue weighted by Crippen LogP contribution is 2.15. The van der Waals surface area contributed by atoms with Crippen LogP contribution in [0.4, 0.5) is 5.95 Å². The third kappa shape index (κ3) is 4.20. The highest BCUT2D eigenvalue weighted by Gasteiger charge is 2.16. The van der Waals surface area contributed by atoms with Crippen LogP contribution in [0.5, 0.6) is 0 Å². The Morgan fingerprint density at radius 2 is 2.09 bits per heavy atom. The molecule has 6 heteroatoms. The molecule has 1 aromatic heterocycles. The first kappa shape index (κ1) is 15.7. The summed E-state index contributed by atoms with van der Waals surface area (Å²) >= 11 is 5.95. The molecular weight excluding hydrogens is 312 g/mol. The van der Waals surface area contributed by atoms with E-state index in [1.165, 1.54) is 0 Å². The van der Waals surface area contributed by atoms with Crippen LogP contribution in [-0.2, 0) is 6.42 Å². The van der Waals surface area contributed by atoms with Gasteiger partial charge in [0.2, 0.25) is 5.95 Å². The zero-order valence-corrected chi connectivity index (χ0v) is 13.6. The number of carbonyl (C=O) groups is 1. The zero-order valence-electron chi connectivity index (χ0n) is 12.8. The smallest absolute Gasteiger partial charge is 0.270 e. The van der Waals surface area contributed by atoms with Crippen LogP contribution in [0.15, 0.2) is 36.5 Å². The maximum atomic E-state index is 12.2. The predicted octanol–water partition coefficient (Wildman–Crippen LogP) is 2.70. The van der Waals surface area contributed by atoms with Gasteiger partial charge < -0.3 is 10.2 Å². The van der Waals surface area contributed by atoms with Crippen molar-refractivity contribution in [2.24, 2.45) is 0 Å².